The number of nitrogens with zero attached hydrogens (tertiary/aromatic N) is 1. The number of hydrogen-bond acceptors (Lipinski definition) is 3. The van der Waals surface area contributed by atoms with Crippen molar-refractivity contribution in [3.8, 4) is 5.75 Å². The van der Waals surface area contributed by atoms with Gasteiger partial charge in [0, 0.05) is 6.54 Å². The number of para-hydroxylation sites is 1. The Kier molecular flexibility index (Phi) is 9.31. The number of aliphatic imine (C=N–C) groups is 1. The molecule has 2 N–H and O–H groups in total. The number of halogens is 4. The van der Waals surface area contributed by atoms with Crippen LogP contribution in [0.15, 0.2) is 52.1 Å². The second-order valence-electron chi connectivity index (χ2n) is 5.04. The Morgan fingerprint density at radius 3 is 2.58 bits per heavy atom. The summed E-state index contributed by atoms with van der Waals surface area (Å²) < 4.78 is 49.1. The van der Waals surface area contributed by atoms with Gasteiger partial charge in [0.15, 0.2) is 5.96 Å². The highest BCUT2D eigenvalue weighted by molar-refractivity contribution is 14.0. The molecule has 1 aromatic heterocycles. The topological polar surface area (TPSA) is 58.8 Å². The van der Waals surface area contributed by atoms with Crippen LogP contribution in [-0.2, 0) is 12.7 Å². The number of furan rings is 1. The first-order valence-corrected chi connectivity index (χ1v) is 7.84. The molecule has 0 fully saturated rings. The van der Waals surface area contributed by atoms with Crippen LogP contribution in [0.3, 0.4) is 0 Å². The van der Waals surface area contributed by atoms with E-state index in [1.54, 1.807) is 12.3 Å². The molecule has 0 aliphatic heterocycles. The minimum Gasteiger partial charge on any atom is -0.491 e. The highest BCUT2D eigenvalue weighted by Gasteiger charge is 2.33. The molecule has 0 aliphatic carbocycles. The molecule has 9 heteroatoms. The lowest BCUT2D eigenvalue weighted by Gasteiger charge is -2.15. The van der Waals surface area contributed by atoms with Crippen molar-refractivity contribution >= 4 is 29.9 Å². The van der Waals surface area contributed by atoms with Gasteiger partial charge in [-0.05, 0) is 31.2 Å². The first-order chi connectivity index (χ1) is 12.0. The van der Waals surface area contributed by atoms with Crippen molar-refractivity contribution in [2.45, 2.75) is 19.6 Å². The summed E-state index contributed by atoms with van der Waals surface area (Å²) in [7, 11) is 0. The van der Waals surface area contributed by atoms with Gasteiger partial charge in [0.05, 0.1) is 18.4 Å². The van der Waals surface area contributed by atoms with Gasteiger partial charge in [0.25, 0.3) is 0 Å². The summed E-state index contributed by atoms with van der Waals surface area (Å²) in [6.45, 7) is 3.30. The molecule has 0 unspecified atom stereocenters. The Hall–Kier alpha value is -1.91. The summed E-state index contributed by atoms with van der Waals surface area (Å²) in [5.74, 6) is 1.06. The van der Waals surface area contributed by atoms with Crippen LogP contribution >= 0.6 is 24.0 Å². The lowest BCUT2D eigenvalue weighted by Crippen LogP contribution is -2.39. The third-order valence-corrected chi connectivity index (χ3v) is 3.16. The molecule has 1 aromatic carbocycles. The Balaban J connectivity index is 0.00000338. The molecular weight excluding hydrogens is 462 g/mol. The van der Waals surface area contributed by atoms with E-state index in [9.17, 15) is 13.2 Å². The summed E-state index contributed by atoms with van der Waals surface area (Å²) in [5.41, 5.74) is -0.784. The quantitative estimate of drug-likeness (QED) is 0.270. The molecular formula is C17H21F3IN3O2. The van der Waals surface area contributed by atoms with Gasteiger partial charge in [-0.2, -0.15) is 13.2 Å². The van der Waals surface area contributed by atoms with E-state index in [2.05, 4.69) is 15.6 Å². The SMILES string of the molecule is CCNC(=NCc1ccco1)NCCOc1ccccc1C(F)(F)F.I. The van der Waals surface area contributed by atoms with Gasteiger partial charge < -0.3 is 19.8 Å². The number of rotatable bonds is 7. The van der Waals surface area contributed by atoms with Gasteiger partial charge in [-0.3, -0.25) is 0 Å². The van der Waals surface area contributed by atoms with Gasteiger partial charge in [0.1, 0.15) is 24.7 Å². The maximum absolute atomic E-state index is 12.9. The molecule has 0 atom stereocenters. The highest BCUT2D eigenvalue weighted by Crippen LogP contribution is 2.35. The van der Waals surface area contributed by atoms with E-state index in [1.807, 2.05) is 13.0 Å². The van der Waals surface area contributed by atoms with Crippen molar-refractivity contribution < 1.29 is 22.3 Å². The molecule has 0 saturated carbocycles. The summed E-state index contributed by atoms with van der Waals surface area (Å²) >= 11 is 0. The van der Waals surface area contributed by atoms with E-state index >= 15 is 0 Å². The van der Waals surface area contributed by atoms with Crippen LogP contribution in [0.4, 0.5) is 13.2 Å². The van der Waals surface area contributed by atoms with Crippen LogP contribution in [0.5, 0.6) is 5.75 Å². The van der Waals surface area contributed by atoms with Gasteiger partial charge in [-0.1, -0.05) is 12.1 Å². The summed E-state index contributed by atoms with van der Waals surface area (Å²) in [6, 6.07) is 8.73. The van der Waals surface area contributed by atoms with E-state index in [0.717, 1.165) is 6.07 Å². The van der Waals surface area contributed by atoms with E-state index < -0.39 is 11.7 Å². The minimum absolute atomic E-state index is 0. The fourth-order valence-electron chi connectivity index (χ4n) is 2.06. The lowest BCUT2D eigenvalue weighted by molar-refractivity contribution is -0.138. The fourth-order valence-corrected chi connectivity index (χ4v) is 2.06. The van der Waals surface area contributed by atoms with Crippen molar-refractivity contribution in [1.82, 2.24) is 10.6 Å². The molecule has 5 nitrogen and oxygen atoms in total. The highest BCUT2D eigenvalue weighted by atomic mass is 127. The monoisotopic (exact) mass is 483 g/mol. The number of guanidine groups is 1. The van der Waals surface area contributed by atoms with Crippen molar-refractivity contribution in [3.63, 3.8) is 0 Å². The number of hydrogen-bond donors (Lipinski definition) is 2. The maximum Gasteiger partial charge on any atom is 0.419 e. The zero-order valence-electron chi connectivity index (χ0n) is 14.2. The average Bonchev–Trinajstić information content (AvgIpc) is 3.09. The van der Waals surface area contributed by atoms with Crippen molar-refractivity contribution in [2.24, 2.45) is 4.99 Å². The Morgan fingerprint density at radius 2 is 1.92 bits per heavy atom. The number of benzene rings is 1. The molecule has 1 heterocycles. The molecule has 26 heavy (non-hydrogen) atoms. The Bertz CT molecular complexity index is 676. The molecule has 0 aliphatic rings. The van der Waals surface area contributed by atoms with Gasteiger partial charge in [-0.15, -0.1) is 24.0 Å². The lowest BCUT2D eigenvalue weighted by atomic mass is 10.2. The normalized spacial score (nSPS) is 11.6. The van der Waals surface area contributed by atoms with Crippen LogP contribution in [0.2, 0.25) is 0 Å². The third kappa shape index (κ3) is 7.14. The maximum atomic E-state index is 12.9. The molecule has 2 aromatic rings. The second-order valence-corrected chi connectivity index (χ2v) is 5.04. The van der Waals surface area contributed by atoms with E-state index in [1.165, 1.54) is 18.2 Å². The Morgan fingerprint density at radius 1 is 1.15 bits per heavy atom. The first-order valence-electron chi connectivity index (χ1n) is 7.84. The van der Waals surface area contributed by atoms with Crippen LogP contribution in [0.1, 0.15) is 18.2 Å². The first kappa shape index (κ1) is 22.1. The molecule has 0 bridgehead atoms. The van der Waals surface area contributed by atoms with Crippen molar-refractivity contribution in [3.05, 3.63) is 54.0 Å². The zero-order chi connectivity index (χ0) is 18.1. The van der Waals surface area contributed by atoms with E-state index in [0.29, 0.717) is 31.4 Å². The van der Waals surface area contributed by atoms with Crippen molar-refractivity contribution in [2.75, 3.05) is 19.7 Å². The molecule has 2 rings (SSSR count). The predicted molar refractivity (Wildman–Crippen MR) is 104 cm³/mol. The van der Waals surface area contributed by atoms with Crippen LogP contribution in [0, 0.1) is 0 Å². The van der Waals surface area contributed by atoms with E-state index in [4.69, 9.17) is 9.15 Å². The molecule has 0 saturated heterocycles. The fraction of sp³-hybridized carbons (Fsp3) is 0.353. The van der Waals surface area contributed by atoms with Crippen LogP contribution in [0.25, 0.3) is 0 Å². The number of nitrogens with one attached hydrogen (secondary N) is 2. The summed E-state index contributed by atoms with van der Waals surface area (Å²) in [5, 5.41) is 6.04. The van der Waals surface area contributed by atoms with Crippen molar-refractivity contribution in [1.29, 1.82) is 0 Å². The molecule has 0 radical (unpaired) electrons. The summed E-state index contributed by atoms with van der Waals surface area (Å²) in [6.07, 6.45) is -2.87. The molecule has 0 spiro atoms. The van der Waals surface area contributed by atoms with Crippen LogP contribution in [-0.4, -0.2) is 25.7 Å². The third-order valence-electron chi connectivity index (χ3n) is 3.16. The molecule has 0 amide bonds. The predicted octanol–water partition coefficient (Wildman–Crippen LogP) is 4.05. The number of alkyl halides is 3. The minimum atomic E-state index is -4.44. The van der Waals surface area contributed by atoms with Gasteiger partial charge >= 0.3 is 6.18 Å². The number of ether oxygens (including phenoxy) is 1. The Labute approximate surface area is 167 Å². The average molecular weight is 483 g/mol. The standard InChI is InChI=1S/C17H20F3N3O2.HI/c1-2-21-16(23-12-13-6-5-10-24-13)22-9-11-25-15-8-4-3-7-14(15)17(18,19)20;/h3-8,10H,2,9,11-12H2,1H3,(H2,21,22,23);1H. The molecule has 144 valence electrons. The van der Waals surface area contributed by atoms with Gasteiger partial charge in [0.2, 0.25) is 0 Å². The summed E-state index contributed by atoms with van der Waals surface area (Å²) in [4.78, 5) is 4.32. The zero-order valence-corrected chi connectivity index (χ0v) is 16.5. The van der Waals surface area contributed by atoms with Crippen LogP contribution < -0.4 is 15.4 Å². The largest absolute Gasteiger partial charge is 0.491 e. The second kappa shape index (κ2) is 10.9. The van der Waals surface area contributed by atoms with E-state index in [-0.39, 0.29) is 36.3 Å². The van der Waals surface area contributed by atoms with Gasteiger partial charge in [-0.25, -0.2) is 4.99 Å². The smallest absolute Gasteiger partial charge is 0.419 e.